The van der Waals surface area contributed by atoms with Crippen LogP contribution in [0.1, 0.15) is 63.0 Å². The fraction of sp³-hybridized carbons (Fsp3) is 0.289. The van der Waals surface area contributed by atoms with E-state index in [0.717, 1.165) is 44.5 Å². The summed E-state index contributed by atoms with van der Waals surface area (Å²) in [4.78, 5) is 27.6. The number of pyridine rings is 1. The van der Waals surface area contributed by atoms with Crippen LogP contribution in [0, 0.1) is 25.2 Å². The SMILES string of the molecule is Cc1c(COc2cc(OCc3cncc(C#N)c3)c(CCC[C@@H](O)CC(=O)O)cc2Cl)cccc1-c1cccc(-c2ccc(OCCNCCO)c(C(N)=O)c2)c1C. The molecule has 0 aliphatic rings. The Kier molecular flexibility index (Phi) is 15.6. The van der Waals surface area contributed by atoms with Gasteiger partial charge in [0, 0.05) is 37.1 Å². The molecule has 1 amide bonds. The second kappa shape index (κ2) is 21.0. The van der Waals surface area contributed by atoms with Crippen molar-refractivity contribution in [2.45, 2.75) is 58.8 Å². The van der Waals surface area contributed by atoms with Gasteiger partial charge >= 0.3 is 5.97 Å². The van der Waals surface area contributed by atoms with Crippen LogP contribution >= 0.6 is 11.6 Å². The quantitative estimate of drug-likeness (QED) is 0.0482. The number of carboxylic acids is 1. The number of nitriles is 1. The molecule has 0 saturated heterocycles. The van der Waals surface area contributed by atoms with Gasteiger partial charge in [0.05, 0.1) is 35.3 Å². The summed E-state index contributed by atoms with van der Waals surface area (Å²) in [5.74, 6) is -0.365. The third-order valence-electron chi connectivity index (χ3n) is 9.66. The van der Waals surface area contributed by atoms with Crippen molar-refractivity contribution in [3.8, 4) is 45.6 Å². The summed E-state index contributed by atoms with van der Waals surface area (Å²) in [6.45, 7) is 5.68. The number of hydrogen-bond donors (Lipinski definition) is 5. The highest BCUT2D eigenvalue weighted by Crippen LogP contribution is 2.38. The van der Waals surface area contributed by atoms with Crippen molar-refractivity contribution in [1.82, 2.24) is 10.3 Å². The molecule has 0 unspecified atom stereocenters. The van der Waals surface area contributed by atoms with Crippen molar-refractivity contribution in [1.29, 1.82) is 5.26 Å². The topological polar surface area (TPSA) is 197 Å². The molecule has 0 aliphatic heterocycles. The number of rotatable bonds is 21. The summed E-state index contributed by atoms with van der Waals surface area (Å²) >= 11 is 6.78. The molecular formula is C45H47ClN4O8. The molecule has 0 fully saturated rings. The fourth-order valence-corrected chi connectivity index (χ4v) is 6.86. The van der Waals surface area contributed by atoms with Gasteiger partial charge in [-0.2, -0.15) is 5.26 Å². The number of ether oxygens (including phenoxy) is 3. The minimum absolute atomic E-state index is 0.0225. The van der Waals surface area contributed by atoms with Gasteiger partial charge < -0.3 is 40.6 Å². The molecule has 0 saturated carbocycles. The number of amides is 1. The molecule has 0 bridgehead atoms. The summed E-state index contributed by atoms with van der Waals surface area (Å²) in [6, 6.07) is 24.7. The predicted octanol–water partition coefficient (Wildman–Crippen LogP) is 6.93. The zero-order valence-electron chi connectivity index (χ0n) is 32.5. The monoisotopic (exact) mass is 806 g/mol. The Hall–Kier alpha value is -5.97. The van der Waals surface area contributed by atoms with Gasteiger partial charge in [-0.15, -0.1) is 0 Å². The summed E-state index contributed by atoms with van der Waals surface area (Å²) in [5, 5.41) is 40.8. The molecule has 5 aromatic rings. The van der Waals surface area contributed by atoms with Crippen molar-refractivity contribution in [3.05, 3.63) is 129 Å². The zero-order chi connectivity index (χ0) is 41.6. The van der Waals surface area contributed by atoms with Gasteiger partial charge in [-0.25, -0.2) is 0 Å². The van der Waals surface area contributed by atoms with Gasteiger partial charge in [-0.1, -0.05) is 54.1 Å². The van der Waals surface area contributed by atoms with Crippen LogP contribution in [0.5, 0.6) is 17.2 Å². The molecule has 5 rings (SSSR count). The van der Waals surface area contributed by atoms with Gasteiger partial charge in [0.1, 0.15) is 43.1 Å². The number of carbonyl (C=O) groups is 2. The first kappa shape index (κ1) is 43.2. The first-order valence-electron chi connectivity index (χ1n) is 18.9. The lowest BCUT2D eigenvalue weighted by Gasteiger charge is -2.18. The Balaban J connectivity index is 1.37. The molecule has 1 aromatic heterocycles. The highest BCUT2D eigenvalue weighted by Gasteiger charge is 2.18. The number of hydrogen-bond acceptors (Lipinski definition) is 10. The second-order valence-corrected chi connectivity index (χ2v) is 14.2. The Morgan fingerprint density at radius 1 is 0.879 bits per heavy atom. The van der Waals surface area contributed by atoms with E-state index in [1.165, 1.54) is 6.20 Å². The number of nitrogens with zero attached hydrogens (tertiary/aromatic N) is 2. The van der Waals surface area contributed by atoms with Gasteiger partial charge in [0.15, 0.2) is 0 Å². The Morgan fingerprint density at radius 3 is 2.36 bits per heavy atom. The zero-order valence-corrected chi connectivity index (χ0v) is 33.2. The van der Waals surface area contributed by atoms with E-state index in [1.54, 1.807) is 36.5 Å². The first-order chi connectivity index (χ1) is 28.0. The Morgan fingerprint density at radius 2 is 1.62 bits per heavy atom. The normalized spacial score (nSPS) is 11.4. The number of primary amides is 1. The standard InChI is InChI=1S/C45H47ClN4O8/c1-28-34(7-4-10-37(28)38-11-5-9-36(29(38)2)32-12-13-41(39(19-32)45(48)55)56-17-15-49-14-16-51)27-58-43-22-42(57-26-31-18-30(23-47)24-50-25-31)33(20-40(43)46)6-3-8-35(52)21-44(53)54/h4-5,7,9-13,18-20,22,24-25,35,49,51-52H,3,6,8,14-17,21,26-27H2,1-2H3,(H2,48,55)(H,53,54)/t35-/m1/s1. The number of halogens is 1. The van der Waals surface area contributed by atoms with Crippen molar-refractivity contribution >= 4 is 23.5 Å². The number of carbonyl (C=O) groups excluding carboxylic acids is 1. The lowest BCUT2D eigenvalue weighted by atomic mass is 9.89. The molecule has 12 nitrogen and oxygen atoms in total. The number of benzene rings is 4. The number of aliphatic hydroxyl groups is 2. The third kappa shape index (κ3) is 11.6. The van der Waals surface area contributed by atoms with E-state index in [9.17, 15) is 20.0 Å². The number of nitrogens with one attached hydrogen (secondary N) is 1. The predicted molar refractivity (Wildman–Crippen MR) is 221 cm³/mol. The van der Waals surface area contributed by atoms with Crippen LogP contribution in [0.15, 0.2) is 85.2 Å². The lowest BCUT2D eigenvalue weighted by Crippen LogP contribution is -2.24. The van der Waals surface area contributed by atoms with E-state index in [1.807, 2.05) is 44.2 Å². The summed E-state index contributed by atoms with van der Waals surface area (Å²) < 4.78 is 18.4. The van der Waals surface area contributed by atoms with Crippen LogP contribution in [0.25, 0.3) is 22.3 Å². The fourth-order valence-electron chi connectivity index (χ4n) is 6.62. The van der Waals surface area contributed by atoms with Crippen molar-refractivity contribution in [2.24, 2.45) is 5.73 Å². The smallest absolute Gasteiger partial charge is 0.305 e. The largest absolute Gasteiger partial charge is 0.491 e. The molecule has 0 spiro atoms. The van der Waals surface area contributed by atoms with Gasteiger partial charge in [-0.05, 0) is 102 Å². The van der Waals surface area contributed by atoms with E-state index in [2.05, 4.69) is 28.5 Å². The number of aliphatic carboxylic acids is 1. The summed E-state index contributed by atoms with van der Waals surface area (Å²) in [7, 11) is 0. The van der Waals surface area contributed by atoms with Crippen LogP contribution in [0.4, 0.5) is 0 Å². The molecule has 6 N–H and O–H groups in total. The Labute approximate surface area is 342 Å². The van der Waals surface area contributed by atoms with Crippen LogP contribution in [0.2, 0.25) is 5.02 Å². The van der Waals surface area contributed by atoms with E-state index in [4.69, 9.17) is 41.8 Å². The van der Waals surface area contributed by atoms with Crippen LogP contribution in [-0.4, -0.2) is 64.6 Å². The van der Waals surface area contributed by atoms with Crippen molar-refractivity contribution < 1.29 is 39.1 Å². The van der Waals surface area contributed by atoms with Gasteiger partial charge in [0.25, 0.3) is 5.91 Å². The van der Waals surface area contributed by atoms with Crippen LogP contribution in [-0.2, 0) is 24.4 Å². The van der Waals surface area contributed by atoms with Crippen LogP contribution < -0.4 is 25.3 Å². The number of aromatic nitrogens is 1. The maximum absolute atomic E-state index is 12.5. The Bertz CT molecular complexity index is 2270. The summed E-state index contributed by atoms with van der Waals surface area (Å²) in [5.41, 5.74) is 14.6. The average Bonchev–Trinajstić information content (AvgIpc) is 3.20. The highest BCUT2D eigenvalue weighted by molar-refractivity contribution is 6.32. The molecule has 1 atom stereocenters. The second-order valence-electron chi connectivity index (χ2n) is 13.8. The van der Waals surface area contributed by atoms with Gasteiger partial charge in [0.2, 0.25) is 0 Å². The maximum Gasteiger partial charge on any atom is 0.305 e. The number of aliphatic hydroxyl groups excluding tert-OH is 2. The molecule has 4 aromatic carbocycles. The first-order valence-corrected chi connectivity index (χ1v) is 19.3. The third-order valence-corrected chi connectivity index (χ3v) is 9.96. The highest BCUT2D eigenvalue weighted by atomic mass is 35.5. The molecule has 302 valence electrons. The van der Waals surface area contributed by atoms with E-state index in [0.29, 0.717) is 65.9 Å². The molecular weight excluding hydrogens is 760 g/mol. The molecule has 0 aliphatic carbocycles. The minimum Gasteiger partial charge on any atom is -0.491 e. The van der Waals surface area contributed by atoms with Gasteiger partial charge in [-0.3, -0.25) is 14.6 Å². The van der Waals surface area contributed by atoms with Crippen LogP contribution in [0.3, 0.4) is 0 Å². The average molecular weight is 807 g/mol. The number of nitrogens with two attached hydrogens (primary N) is 1. The molecule has 0 radical (unpaired) electrons. The number of aryl methyl sites for hydroxylation is 1. The van der Waals surface area contributed by atoms with Crippen molar-refractivity contribution in [3.63, 3.8) is 0 Å². The van der Waals surface area contributed by atoms with E-state index >= 15 is 0 Å². The van der Waals surface area contributed by atoms with E-state index < -0.39 is 18.0 Å². The molecule has 1 heterocycles. The summed E-state index contributed by atoms with van der Waals surface area (Å²) in [6.07, 6.45) is 3.04. The molecule has 58 heavy (non-hydrogen) atoms. The van der Waals surface area contributed by atoms with E-state index in [-0.39, 0.29) is 38.2 Å². The molecule has 13 heteroatoms. The van der Waals surface area contributed by atoms with Crippen molar-refractivity contribution in [2.75, 3.05) is 26.3 Å². The number of carboxylic acid groups (broad SMARTS) is 1. The minimum atomic E-state index is -1.06. The maximum atomic E-state index is 12.5. The lowest BCUT2D eigenvalue weighted by molar-refractivity contribution is -0.139.